The summed E-state index contributed by atoms with van der Waals surface area (Å²) < 4.78 is 7.11. The van der Waals surface area contributed by atoms with Gasteiger partial charge in [0.15, 0.2) is 5.82 Å². The lowest BCUT2D eigenvalue weighted by atomic mass is 9.87. The molecule has 2 aromatic heterocycles. The summed E-state index contributed by atoms with van der Waals surface area (Å²) >= 11 is 0. The normalized spacial score (nSPS) is 19.1. The summed E-state index contributed by atoms with van der Waals surface area (Å²) in [5.74, 6) is 0.994. The third kappa shape index (κ3) is 3.01. The van der Waals surface area contributed by atoms with Crippen molar-refractivity contribution >= 4 is 18.2 Å². The van der Waals surface area contributed by atoms with E-state index < -0.39 is 17.5 Å². The molecule has 1 saturated heterocycles. The quantitative estimate of drug-likeness (QED) is 0.519. The van der Waals surface area contributed by atoms with Gasteiger partial charge >= 0.3 is 6.03 Å². The average Bonchev–Trinajstić information content (AvgIpc) is 3.36. The first kappa shape index (κ1) is 19.6. The molecule has 1 aliphatic heterocycles. The molecule has 1 atom stereocenters. The number of benzene rings is 1. The van der Waals surface area contributed by atoms with E-state index in [1.54, 1.807) is 0 Å². The van der Waals surface area contributed by atoms with Crippen molar-refractivity contribution < 1.29 is 14.1 Å². The number of rotatable bonds is 5. The Labute approximate surface area is 174 Å². The van der Waals surface area contributed by atoms with Gasteiger partial charge in [0.1, 0.15) is 11.3 Å². The van der Waals surface area contributed by atoms with Gasteiger partial charge in [0.2, 0.25) is 0 Å². The molecular formula is C22H23N5O3. The number of hydrogen-bond acceptors (Lipinski definition) is 5. The monoisotopic (exact) mass is 405 g/mol. The van der Waals surface area contributed by atoms with Crippen molar-refractivity contribution in [2.75, 3.05) is 0 Å². The number of carbonyl (C=O) groups is 2. The van der Waals surface area contributed by atoms with E-state index in [-0.39, 0.29) is 0 Å². The Morgan fingerprint density at radius 1 is 1.17 bits per heavy atom. The molecule has 3 aromatic rings. The highest BCUT2D eigenvalue weighted by atomic mass is 16.5. The van der Waals surface area contributed by atoms with E-state index in [0.717, 1.165) is 27.5 Å². The fourth-order valence-corrected chi connectivity index (χ4v) is 3.88. The molecule has 4 rings (SSSR count). The average molecular weight is 405 g/mol. The minimum absolute atomic E-state index is 0.390. The van der Waals surface area contributed by atoms with Gasteiger partial charge in [0, 0.05) is 23.0 Å². The molecule has 8 nitrogen and oxygen atoms in total. The smallest absolute Gasteiger partial charge is 0.346 e. The predicted molar refractivity (Wildman–Crippen MR) is 111 cm³/mol. The summed E-state index contributed by atoms with van der Waals surface area (Å²) in [6.07, 6.45) is 1.95. The summed E-state index contributed by atoms with van der Waals surface area (Å²) in [5, 5.41) is 12.0. The zero-order valence-corrected chi connectivity index (χ0v) is 17.3. The number of aryl methyl sites for hydroxylation is 2. The molecule has 0 aliphatic carbocycles. The lowest BCUT2D eigenvalue weighted by Gasteiger charge is -2.24. The van der Waals surface area contributed by atoms with Crippen molar-refractivity contribution in [2.24, 2.45) is 5.10 Å². The standard InChI is InChI=1S/C22H23N5O3/c1-5-22(18-9-7-6-8-10-18)20(28)27(21(29)24-22)23-13-17-11-14(2)26(16(17)4)19-12-15(3)30-25-19/h6-13H,5H2,1-4H3,(H,24,29)/b23-13-/t22-/m0/s1. The van der Waals surface area contributed by atoms with Gasteiger partial charge in [0.05, 0.1) is 6.21 Å². The second-order valence-corrected chi connectivity index (χ2v) is 7.37. The maximum Gasteiger partial charge on any atom is 0.346 e. The molecule has 3 heterocycles. The van der Waals surface area contributed by atoms with Crippen LogP contribution in [0.2, 0.25) is 0 Å². The molecular weight excluding hydrogens is 382 g/mol. The fourth-order valence-electron chi connectivity index (χ4n) is 3.88. The number of imide groups is 1. The summed E-state index contributed by atoms with van der Waals surface area (Å²) in [6.45, 7) is 7.56. The zero-order chi connectivity index (χ0) is 21.5. The van der Waals surface area contributed by atoms with Crippen LogP contribution in [0.1, 0.15) is 41.6 Å². The molecule has 8 heteroatoms. The van der Waals surface area contributed by atoms with Gasteiger partial charge < -0.3 is 9.84 Å². The van der Waals surface area contributed by atoms with Crippen LogP contribution >= 0.6 is 0 Å². The van der Waals surface area contributed by atoms with Crippen LogP contribution in [-0.4, -0.2) is 32.9 Å². The second kappa shape index (κ2) is 7.29. The molecule has 154 valence electrons. The summed E-state index contributed by atoms with van der Waals surface area (Å²) in [6, 6.07) is 12.5. The van der Waals surface area contributed by atoms with Crippen LogP contribution in [0.15, 0.2) is 52.1 Å². The molecule has 1 aromatic carbocycles. The zero-order valence-electron chi connectivity index (χ0n) is 17.3. The molecule has 0 unspecified atom stereocenters. The van der Waals surface area contributed by atoms with Crippen LogP contribution in [0.4, 0.5) is 4.79 Å². The predicted octanol–water partition coefficient (Wildman–Crippen LogP) is 3.58. The van der Waals surface area contributed by atoms with Crippen molar-refractivity contribution in [3.63, 3.8) is 0 Å². The Morgan fingerprint density at radius 3 is 2.53 bits per heavy atom. The van der Waals surface area contributed by atoms with Gasteiger partial charge in [-0.1, -0.05) is 42.4 Å². The molecule has 1 fully saturated rings. The van der Waals surface area contributed by atoms with Crippen LogP contribution in [0.25, 0.3) is 5.82 Å². The molecule has 0 bridgehead atoms. The van der Waals surface area contributed by atoms with Gasteiger partial charge in [0.25, 0.3) is 5.91 Å². The molecule has 1 aliphatic rings. The number of carbonyl (C=O) groups excluding carboxylic acids is 2. The summed E-state index contributed by atoms with van der Waals surface area (Å²) in [4.78, 5) is 25.8. The maximum absolute atomic E-state index is 13.2. The minimum atomic E-state index is -1.11. The lowest BCUT2D eigenvalue weighted by molar-refractivity contribution is -0.131. The third-order valence-corrected chi connectivity index (χ3v) is 5.49. The van der Waals surface area contributed by atoms with E-state index in [1.807, 2.05) is 74.7 Å². The van der Waals surface area contributed by atoms with Crippen LogP contribution < -0.4 is 5.32 Å². The Hall–Kier alpha value is -3.68. The van der Waals surface area contributed by atoms with E-state index >= 15 is 0 Å². The third-order valence-electron chi connectivity index (χ3n) is 5.49. The first-order valence-corrected chi connectivity index (χ1v) is 9.76. The van der Waals surface area contributed by atoms with Gasteiger partial charge in [-0.15, -0.1) is 5.01 Å². The van der Waals surface area contributed by atoms with Crippen molar-refractivity contribution in [3.8, 4) is 5.82 Å². The lowest BCUT2D eigenvalue weighted by Crippen LogP contribution is -2.43. The van der Waals surface area contributed by atoms with Gasteiger partial charge in [-0.25, -0.2) is 4.79 Å². The summed E-state index contributed by atoms with van der Waals surface area (Å²) in [7, 11) is 0. The van der Waals surface area contributed by atoms with Gasteiger partial charge in [-0.2, -0.15) is 5.10 Å². The van der Waals surface area contributed by atoms with E-state index in [0.29, 0.717) is 18.0 Å². The minimum Gasteiger partial charge on any atom is -0.360 e. The largest absolute Gasteiger partial charge is 0.360 e. The van der Waals surface area contributed by atoms with Crippen molar-refractivity contribution in [1.29, 1.82) is 0 Å². The Bertz CT molecular complexity index is 1140. The fraction of sp³-hybridized carbons (Fsp3) is 0.273. The molecule has 0 spiro atoms. The van der Waals surface area contributed by atoms with Crippen molar-refractivity contribution in [1.82, 2.24) is 20.0 Å². The number of hydrazone groups is 1. The Kier molecular flexibility index (Phi) is 4.77. The number of urea groups is 1. The van der Waals surface area contributed by atoms with Crippen LogP contribution in [0, 0.1) is 20.8 Å². The second-order valence-electron chi connectivity index (χ2n) is 7.37. The van der Waals surface area contributed by atoms with E-state index in [9.17, 15) is 9.59 Å². The first-order chi connectivity index (χ1) is 14.4. The van der Waals surface area contributed by atoms with E-state index in [2.05, 4.69) is 15.6 Å². The van der Waals surface area contributed by atoms with Crippen LogP contribution in [-0.2, 0) is 10.3 Å². The molecule has 0 radical (unpaired) electrons. The Morgan fingerprint density at radius 2 is 1.90 bits per heavy atom. The van der Waals surface area contributed by atoms with Crippen molar-refractivity contribution in [3.05, 3.63) is 70.7 Å². The number of aromatic nitrogens is 2. The highest BCUT2D eigenvalue weighted by Crippen LogP contribution is 2.32. The Balaban J connectivity index is 1.65. The molecule has 30 heavy (non-hydrogen) atoms. The number of nitrogens with zero attached hydrogens (tertiary/aromatic N) is 4. The van der Waals surface area contributed by atoms with Crippen LogP contribution in [0.5, 0.6) is 0 Å². The molecule has 0 saturated carbocycles. The number of amides is 3. The highest BCUT2D eigenvalue weighted by Gasteiger charge is 2.51. The van der Waals surface area contributed by atoms with Crippen molar-refractivity contribution in [2.45, 2.75) is 39.7 Å². The maximum atomic E-state index is 13.2. The van der Waals surface area contributed by atoms with Gasteiger partial charge in [-0.05, 0) is 38.8 Å². The van der Waals surface area contributed by atoms with E-state index in [4.69, 9.17) is 4.52 Å². The summed E-state index contributed by atoms with van der Waals surface area (Å²) in [5.41, 5.74) is 2.23. The van der Waals surface area contributed by atoms with Gasteiger partial charge in [-0.3, -0.25) is 9.36 Å². The first-order valence-electron chi connectivity index (χ1n) is 9.76. The number of hydrogen-bond donors (Lipinski definition) is 1. The van der Waals surface area contributed by atoms with Crippen LogP contribution in [0.3, 0.4) is 0 Å². The topological polar surface area (TPSA) is 92.7 Å². The SMILES string of the molecule is CC[C@@]1(c2ccccc2)NC(=O)N(/N=C\c2cc(C)n(-c3cc(C)on3)c2C)C1=O. The molecule has 3 amide bonds. The van der Waals surface area contributed by atoms with E-state index in [1.165, 1.54) is 6.21 Å². The highest BCUT2D eigenvalue weighted by molar-refractivity contribution is 6.07. The number of nitrogens with one attached hydrogen (secondary N) is 1. The molecule has 1 N–H and O–H groups in total.